The van der Waals surface area contributed by atoms with E-state index in [4.69, 9.17) is 47.3 Å². The highest BCUT2D eigenvalue weighted by molar-refractivity contribution is 6.36. The van der Waals surface area contributed by atoms with E-state index < -0.39 is 0 Å². The van der Waals surface area contributed by atoms with Gasteiger partial charge in [0, 0.05) is 23.6 Å². The van der Waals surface area contributed by atoms with Crippen LogP contribution in [0.5, 0.6) is 28.7 Å². The first-order chi connectivity index (χ1) is 18.8. The van der Waals surface area contributed by atoms with Gasteiger partial charge >= 0.3 is 0 Å². The lowest BCUT2D eigenvalue weighted by Crippen LogP contribution is -2.37. The number of halogens is 2. The number of aromatic hydroxyl groups is 1. The van der Waals surface area contributed by atoms with Gasteiger partial charge in [0.05, 0.1) is 45.3 Å². The normalized spacial score (nSPS) is 10.8. The lowest BCUT2D eigenvalue weighted by atomic mass is 10.0. The molecule has 3 aromatic carbocycles. The molecule has 206 valence electrons. The molecule has 0 fully saturated rings. The van der Waals surface area contributed by atoms with Crippen LogP contribution in [0.25, 0.3) is 10.8 Å². The highest BCUT2D eigenvalue weighted by Crippen LogP contribution is 2.35. The molecule has 0 unspecified atom stereocenters. The molecular formula is C30H33Cl2N2O5+. The highest BCUT2D eigenvalue weighted by atomic mass is 35.5. The molecule has 1 N–H and O–H groups in total. The number of phenolic OH excluding ortho intramolecular Hbond substituents is 1. The summed E-state index contributed by atoms with van der Waals surface area (Å²) in [5.74, 6) is 2.41. The van der Waals surface area contributed by atoms with Gasteiger partial charge < -0.3 is 24.1 Å². The van der Waals surface area contributed by atoms with Crippen molar-refractivity contribution >= 4 is 40.2 Å². The molecule has 0 aliphatic heterocycles. The van der Waals surface area contributed by atoms with E-state index in [1.807, 2.05) is 61.8 Å². The van der Waals surface area contributed by atoms with Gasteiger partial charge in [-0.15, -0.1) is 0 Å². The van der Waals surface area contributed by atoms with E-state index in [0.29, 0.717) is 40.0 Å². The van der Waals surface area contributed by atoms with Gasteiger partial charge in [-0.2, -0.15) is 0 Å². The Morgan fingerprint density at radius 3 is 2.08 bits per heavy atom. The van der Waals surface area contributed by atoms with Crippen molar-refractivity contribution < 1.29 is 28.7 Å². The minimum absolute atomic E-state index is 0.0956. The Bertz CT molecular complexity index is 1510. The van der Waals surface area contributed by atoms with Crippen LogP contribution in [0.15, 0.2) is 53.6 Å². The number of aromatic nitrogens is 1. The molecule has 0 aliphatic carbocycles. The van der Waals surface area contributed by atoms with E-state index in [1.54, 1.807) is 34.5 Å². The summed E-state index contributed by atoms with van der Waals surface area (Å²) in [4.78, 5) is 0. The van der Waals surface area contributed by atoms with Crippen molar-refractivity contribution in [1.29, 1.82) is 0 Å². The zero-order valence-corrected chi connectivity index (χ0v) is 24.6. The Morgan fingerprint density at radius 1 is 0.821 bits per heavy atom. The molecule has 39 heavy (non-hydrogen) atoms. The number of aryl methyl sites for hydroxylation is 1. The third kappa shape index (κ3) is 6.49. The summed E-state index contributed by atoms with van der Waals surface area (Å²) in [6.45, 7) is 5.95. The smallest absolute Gasteiger partial charge is 0.227 e. The van der Waals surface area contributed by atoms with Crippen molar-refractivity contribution in [2.75, 3.05) is 28.4 Å². The predicted octanol–water partition coefficient (Wildman–Crippen LogP) is 6.98. The van der Waals surface area contributed by atoms with Crippen LogP contribution in [0.4, 0.5) is 0 Å². The van der Waals surface area contributed by atoms with E-state index in [1.165, 1.54) is 12.3 Å². The predicted molar refractivity (Wildman–Crippen MR) is 157 cm³/mol. The van der Waals surface area contributed by atoms with Crippen LogP contribution < -0.4 is 23.6 Å². The van der Waals surface area contributed by atoms with Crippen molar-refractivity contribution in [3.8, 4) is 28.7 Å². The summed E-state index contributed by atoms with van der Waals surface area (Å²) in [7, 11) is 6.42. The van der Waals surface area contributed by atoms with Gasteiger partial charge in [0.25, 0.3) is 0 Å². The first kappa shape index (κ1) is 29.9. The second-order valence-electron chi connectivity index (χ2n) is 8.27. The third-order valence-corrected chi connectivity index (χ3v) is 6.52. The van der Waals surface area contributed by atoms with E-state index in [0.717, 1.165) is 27.7 Å². The summed E-state index contributed by atoms with van der Waals surface area (Å²) >= 11 is 12.3. The fourth-order valence-corrected chi connectivity index (χ4v) is 4.71. The average Bonchev–Trinajstić information content (AvgIpc) is 2.95. The van der Waals surface area contributed by atoms with Gasteiger partial charge in [0.15, 0.2) is 23.0 Å². The number of pyridine rings is 1. The molecular weight excluding hydrogens is 539 g/mol. The van der Waals surface area contributed by atoms with E-state index >= 15 is 0 Å². The van der Waals surface area contributed by atoms with Gasteiger partial charge in [-0.3, -0.25) is 0 Å². The Balaban J connectivity index is 0.00000205. The third-order valence-electron chi connectivity index (χ3n) is 6.01. The van der Waals surface area contributed by atoms with Crippen LogP contribution in [0.3, 0.4) is 0 Å². The second-order valence-corrected chi connectivity index (χ2v) is 9.12. The molecule has 0 spiro atoms. The van der Waals surface area contributed by atoms with Crippen LogP contribution in [-0.4, -0.2) is 39.8 Å². The maximum absolute atomic E-state index is 10.4. The molecule has 1 aromatic heterocycles. The summed E-state index contributed by atoms with van der Waals surface area (Å²) in [6, 6.07) is 14.8. The largest absolute Gasteiger partial charge is 0.506 e. The average molecular weight is 573 g/mol. The molecule has 9 heteroatoms. The van der Waals surface area contributed by atoms with Gasteiger partial charge in [-0.25, -0.2) is 0 Å². The number of rotatable bonds is 8. The molecule has 0 saturated heterocycles. The van der Waals surface area contributed by atoms with E-state index in [-0.39, 0.29) is 10.8 Å². The quantitative estimate of drug-likeness (QED) is 0.182. The molecule has 0 aliphatic rings. The van der Waals surface area contributed by atoms with E-state index in [9.17, 15) is 5.11 Å². The maximum Gasteiger partial charge on any atom is 0.227 e. The minimum atomic E-state index is -0.0956. The topological polar surface area (TPSA) is 73.4 Å². The van der Waals surface area contributed by atoms with Crippen molar-refractivity contribution in [2.24, 2.45) is 5.10 Å². The number of methoxy groups -OCH3 is 4. The lowest BCUT2D eigenvalue weighted by molar-refractivity contribution is -0.689. The molecule has 7 nitrogen and oxygen atoms in total. The van der Waals surface area contributed by atoms with Crippen molar-refractivity contribution in [2.45, 2.75) is 27.2 Å². The summed E-state index contributed by atoms with van der Waals surface area (Å²) in [5, 5.41) is 17.6. The second kappa shape index (κ2) is 13.4. The van der Waals surface area contributed by atoms with Gasteiger partial charge in [0.1, 0.15) is 12.0 Å². The molecule has 0 saturated carbocycles. The fourth-order valence-electron chi connectivity index (χ4n) is 4.20. The molecule has 0 atom stereocenters. The van der Waals surface area contributed by atoms with Crippen molar-refractivity contribution in [3.63, 3.8) is 0 Å². The number of benzene rings is 3. The molecule has 4 rings (SSSR count). The van der Waals surface area contributed by atoms with Crippen molar-refractivity contribution in [3.05, 3.63) is 81.1 Å². The monoisotopic (exact) mass is 571 g/mol. The number of phenols is 1. The Kier molecular flexibility index (Phi) is 10.3. The first-order valence-corrected chi connectivity index (χ1v) is 13.1. The van der Waals surface area contributed by atoms with Gasteiger partial charge in [-0.05, 0) is 52.4 Å². The zero-order valence-electron chi connectivity index (χ0n) is 23.1. The number of nitrogens with zero attached hydrogens (tertiary/aromatic N) is 2. The fraction of sp³-hybridized carbons (Fsp3) is 0.267. The van der Waals surface area contributed by atoms with Crippen LogP contribution in [0, 0.1) is 6.92 Å². The number of fused-ring (bicyclic) bond motifs is 1. The van der Waals surface area contributed by atoms with Crippen LogP contribution in [-0.2, 0) is 6.42 Å². The maximum atomic E-state index is 10.4. The van der Waals surface area contributed by atoms with Crippen molar-refractivity contribution in [1.82, 2.24) is 0 Å². The number of ether oxygens (including phenoxy) is 4. The molecule has 0 radical (unpaired) electrons. The van der Waals surface area contributed by atoms with E-state index in [2.05, 4.69) is 0 Å². The molecule has 1 heterocycles. The zero-order chi connectivity index (χ0) is 28.7. The molecule has 4 aromatic rings. The number of hydrogen-bond acceptors (Lipinski definition) is 6. The Morgan fingerprint density at radius 2 is 1.44 bits per heavy atom. The lowest BCUT2D eigenvalue weighted by Gasteiger charge is -2.12. The summed E-state index contributed by atoms with van der Waals surface area (Å²) in [5.41, 5.74) is 3.12. The Labute approximate surface area is 239 Å². The molecule has 0 bridgehead atoms. The Hall–Kier alpha value is -3.68. The SMILES string of the molecule is CC.COc1ccc(Cc2c3cc(OC)c(OC)cc3cc(C)[n+]2/N=C/c2cc(Cl)cc(Cl)c2O)cc1OC. The number of hydrogen-bond donors (Lipinski definition) is 1. The first-order valence-electron chi connectivity index (χ1n) is 12.3. The minimum Gasteiger partial charge on any atom is -0.506 e. The summed E-state index contributed by atoms with van der Waals surface area (Å²) in [6.07, 6.45) is 2.04. The van der Waals surface area contributed by atoms with Crippen LogP contribution in [0.1, 0.15) is 36.4 Å². The summed E-state index contributed by atoms with van der Waals surface area (Å²) < 4.78 is 23.8. The van der Waals surface area contributed by atoms with Crippen LogP contribution in [0.2, 0.25) is 10.0 Å². The highest BCUT2D eigenvalue weighted by Gasteiger charge is 2.23. The van der Waals surface area contributed by atoms with Crippen LogP contribution >= 0.6 is 23.2 Å². The molecule has 0 amide bonds. The standard InChI is InChI=1S/C28H26Cl2N2O5.C2H6/c1-16-8-18-12-26(36-4)27(37-5)14-21(18)23(9-17-6-7-24(34-2)25(10-17)35-3)32(16)31-15-19-11-20(29)13-22(30)28(19)33;1-2/h6-8,10-15H,9H2,1-5H3;1-2H3/p+1. The van der Waals surface area contributed by atoms with Gasteiger partial charge in [-0.1, -0.05) is 47.8 Å². The van der Waals surface area contributed by atoms with Gasteiger partial charge in [0.2, 0.25) is 11.4 Å².